The number of nitrogens with zero attached hydrogens (tertiary/aromatic N) is 1. The van der Waals surface area contributed by atoms with Crippen LogP contribution in [0.3, 0.4) is 0 Å². The lowest BCUT2D eigenvalue weighted by molar-refractivity contribution is 0.495. The highest BCUT2D eigenvalue weighted by Gasteiger charge is 2.25. The number of hydrogen-bond donors (Lipinski definition) is 2. The van der Waals surface area contributed by atoms with Gasteiger partial charge in [-0.2, -0.15) is 11.8 Å². The smallest absolute Gasteiger partial charge is 0.0947 e. The molecule has 2 unspecified atom stereocenters. The van der Waals surface area contributed by atoms with Gasteiger partial charge in [-0.3, -0.25) is 11.3 Å². The van der Waals surface area contributed by atoms with Crippen LogP contribution in [0.5, 0.6) is 0 Å². The lowest BCUT2D eigenvalue weighted by Crippen LogP contribution is -2.43. The number of aromatic nitrogens is 1. The topological polar surface area (TPSA) is 50.9 Å². The molecular weight excluding hydrogens is 238 g/mol. The number of thioether (sulfide) groups is 1. The third-order valence-electron chi connectivity index (χ3n) is 3.10. The van der Waals surface area contributed by atoms with Crippen molar-refractivity contribution < 1.29 is 0 Å². The van der Waals surface area contributed by atoms with E-state index in [-0.39, 0.29) is 0 Å². The van der Waals surface area contributed by atoms with Crippen LogP contribution in [0.4, 0.5) is 0 Å². The van der Waals surface area contributed by atoms with Crippen molar-refractivity contribution in [1.82, 2.24) is 10.4 Å². The Kier molecular flexibility index (Phi) is 4.24. The maximum absolute atomic E-state index is 5.66. The molecule has 5 heteroatoms. The fourth-order valence-corrected chi connectivity index (χ4v) is 4.40. The summed E-state index contributed by atoms with van der Waals surface area (Å²) < 4.78 is 0. The van der Waals surface area contributed by atoms with Gasteiger partial charge in [0.05, 0.1) is 10.7 Å². The molecule has 2 rings (SSSR count). The minimum absolute atomic E-state index is 0.373. The van der Waals surface area contributed by atoms with Gasteiger partial charge < -0.3 is 0 Å². The standard InChI is InChI=1S/C11H19N3S2/c1-7-8(2)16-11(13-7)6-9(14-12)10-4-3-5-15-10/h9-10,14H,3-6,12H2,1-2H3. The molecule has 1 fully saturated rings. The van der Waals surface area contributed by atoms with Crippen molar-refractivity contribution in [1.29, 1.82) is 0 Å². The maximum Gasteiger partial charge on any atom is 0.0947 e. The molecule has 1 saturated heterocycles. The Morgan fingerprint density at radius 2 is 2.38 bits per heavy atom. The van der Waals surface area contributed by atoms with E-state index >= 15 is 0 Å². The van der Waals surface area contributed by atoms with Gasteiger partial charge in [0.25, 0.3) is 0 Å². The zero-order chi connectivity index (χ0) is 11.5. The van der Waals surface area contributed by atoms with Crippen LogP contribution < -0.4 is 11.3 Å². The predicted molar refractivity (Wildman–Crippen MR) is 71.9 cm³/mol. The van der Waals surface area contributed by atoms with Crippen molar-refractivity contribution in [2.45, 2.75) is 44.4 Å². The second-order valence-corrected chi connectivity index (χ2v) is 6.91. The van der Waals surface area contributed by atoms with Gasteiger partial charge in [0.15, 0.2) is 0 Å². The zero-order valence-electron chi connectivity index (χ0n) is 9.82. The summed E-state index contributed by atoms with van der Waals surface area (Å²) in [5, 5.41) is 1.87. The molecule has 16 heavy (non-hydrogen) atoms. The first-order valence-electron chi connectivity index (χ1n) is 5.71. The number of aryl methyl sites for hydroxylation is 2. The molecule has 1 aromatic rings. The molecule has 1 aliphatic rings. The Hall–Kier alpha value is -0.100. The predicted octanol–water partition coefficient (Wildman–Crippen LogP) is 2.03. The highest BCUT2D eigenvalue weighted by atomic mass is 32.2. The number of nitrogens with two attached hydrogens (primary N) is 1. The van der Waals surface area contributed by atoms with Crippen molar-refractivity contribution in [3.05, 3.63) is 15.6 Å². The fraction of sp³-hybridized carbons (Fsp3) is 0.727. The van der Waals surface area contributed by atoms with E-state index in [1.54, 1.807) is 11.3 Å². The first-order chi connectivity index (χ1) is 7.70. The first kappa shape index (κ1) is 12.4. The summed E-state index contributed by atoms with van der Waals surface area (Å²) in [6.45, 7) is 4.20. The van der Waals surface area contributed by atoms with Gasteiger partial charge in [-0.1, -0.05) is 0 Å². The Morgan fingerprint density at radius 1 is 1.56 bits per heavy atom. The summed E-state index contributed by atoms with van der Waals surface area (Å²) in [6, 6.07) is 0.373. The normalized spacial score (nSPS) is 22.6. The van der Waals surface area contributed by atoms with Crippen LogP contribution >= 0.6 is 23.1 Å². The van der Waals surface area contributed by atoms with Crippen LogP contribution in [0, 0.1) is 13.8 Å². The van der Waals surface area contributed by atoms with Crippen molar-refractivity contribution in [3.63, 3.8) is 0 Å². The molecule has 0 amide bonds. The average Bonchev–Trinajstić information content (AvgIpc) is 2.86. The van der Waals surface area contributed by atoms with Gasteiger partial charge in [0.1, 0.15) is 0 Å². The molecule has 0 spiro atoms. The van der Waals surface area contributed by atoms with E-state index < -0.39 is 0 Å². The minimum atomic E-state index is 0.373. The second-order valence-electron chi connectivity index (χ2n) is 4.28. The van der Waals surface area contributed by atoms with Gasteiger partial charge >= 0.3 is 0 Å². The summed E-state index contributed by atoms with van der Waals surface area (Å²) in [5.41, 5.74) is 4.13. The van der Waals surface area contributed by atoms with E-state index in [9.17, 15) is 0 Å². The van der Waals surface area contributed by atoms with Crippen LogP contribution in [0.25, 0.3) is 0 Å². The number of rotatable bonds is 4. The second kappa shape index (κ2) is 5.49. The fourth-order valence-electron chi connectivity index (χ4n) is 2.03. The molecule has 2 heterocycles. The first-order valence-corrected chi connectivity index (χ1v) is 7.58. The van der Waals surface area contributed by atoms with Gasteiger partial charge in [0.2, 0.25) is 0 Å². The lowest BCUT2D eigenvalue weighted by atomic mass is 10.1. The van der Waals surface area contributed by atoms with E-state index in [0.29, 0.717) is 11.3 Å². The van der Waals surface area contributed by atoms with E-state index in [2.05, 4.69) is 24.3 Å². The third-order valence-corrected chi connectivity index (χ3v) is 5.71. The summed E-state index contributed by atoms with van der Waals surface area (Å²) in [4.78, 5) is 5.91. The molecule has 3 N–H and O–H groups in total. The summed E-state index contributed by atoms with van der Waals surface area (Å²) in [7, 11) is 0. The SMILES string of the molecule is Cc1nc(CC(NN)C2CCCS2)sc1C. The Balaban J connectivity index is 2.00. The Morgan fingerprint density at radius 3 is 2.88 bits per heavy atom. The quantitative estimate of drug-likeness (QED) is 0.640. The number of thiazole rings is 1. The van der Waals surface area contributed by atoms with Crippen molar-refractivity contribution in [3.8, 4) is 0 Å². The summed E-state index contributed by atoms with van der Waals surface area (Å²) in [5.74, 6) is 6.94. The van der Waals surface area contributed by atoms with E-state index in [1.807, 2.05) is 11.8 Å². The Bertz CT molecular complexity index is 325. The molecule has 3 nitrogen and oxygen atoms in total. The maximum atomic E-state index is 5.66. The number of hydrogen-bond acceptors (Lipinski definition) is 5. The minimum Gasteiger partial charge on any atom is -0.271 e. The summed E-state index contributed by atoms with van der Waals surface area (Å²) in [6.07, 6.45) is 3.57. The zero-order valence-corrected chi connectivity index (χ0v) is 11.5. The largest absolute Gasteiger partial charge is 0.271 e. The van der Waals surface area contributed by atoms with Crippen molar-refractivity contribution >= 4 is 23.1 Å². The van der Waals surface area contributed by atoms with Crippen LogP contribution in [0.1, 0.15) is 28.4 Å². The molecule has 0 saturated carbocycles. The van der Waals surface area contributed by atoms with Gasteiger partial charge in [-0.15, -0.1) is 11.3 Å². The molecule has 2 atom stereocenters. The molecular formula is C11H19N3S2. The van der Waals surface area contributed by atoms with Gasteiger partial charge in [0, 0.05) is 22.6 Å². The van der Waals surface area contributed by atoms with Crippen LogP contribution in [0.2, 0.25) is 0 Å². The van der Waals surface area contributed by atoms with Crippen molar-refractivity contribution in [2.75, 3.05) is 5.75 Å². The van der Waals surface area contributed by atoms with Crippen LogP contribution in [0.15, 0.2) is 0 Å². The highest BCUT2D eigenvalue weighted by molar-refractivity contribution is 8.00. The Labute approximate surface area is 105 Å². The molecule has 0 aromatic carbocycles. The van der Waals surface area contributed by atoms with Gasteiger partial charge in [-0.25, -0.2) is 4.98 Å². The van der Waals surface area contributed by atoms with E-state index in [4.69, 9.17) is 5.84 Å². The molecule has 1 aromatic heterocycles. The molecule has 90 valence electrons. The number of nitrogens with one attached hydrogen (secondary N) is 1. The molecule has 0 aliphatic carbocycles. The molecule has 0 bridgehead atoms. The van der Waals surface area contributed by atoms with Gasteiger partial charge in [-0.05, 0) is 32.4 Å². The van der Waals surface area contributed by atoms with E-state index in [1.165, 1.54) is 28.5 Å². The third kappa shape index (κ3) is 2.77. The summed E-state index contributed by atoms with van der Waals surface area (Å²) >= 11 is 3.84. The monoisotopic (exact) mass is 257 g/mol. The molecule has 1 aliphatic heterocycles. The van der Waals surface area contributed by atoms with Crippen molar-refractivity contribution in [2.24, 2.45) is 5.84 Å². The average molecular weight is 257 g/mol. The lowest BCUT2D eigenvalue weighted by Gasteiger charge is -2.20. The van der Waals surface area contributed by atoms with Crippen LogP contribution in [-0.2, 0) is 6.42 Å². The number of hydrazine groups is 1. The van der Waals surface area contributed by atoms with E-state index in [0.717, 1.165) is 12.1 Å². The highest BCUT2D eigenvalue weighted by Crippen LogP contribution is 2.30. The van der Waals surface area contributed by atoms with Crippen LogP contribution in [-0.4, -0.2) is 22.0 Å². The molecule has 0 radical (unpaired) electrons.